The highest BCUT2D eigenvalue weighted by Crippen LogP contribution is 2.53. The Labute approximate surface area is 535 Å². The van der Waals surface area contributed by atoms with Crippen molar-refractivity contribution >= 4 is 28.5 Å². The zero-order valence-corrected chi connectivity index (χ0v) is 51.9. The van der Waals surface area contributed by atoms with Crippen LogP contribution in [0.2, 0.25) is 0 Å². The summed E-state index contributed by atoms with van der Waals surface area (Å²) in [6.45, 7) is 7.09. The second-order valence-corrected chi connectivity index (χ2v) is 24.7. The van der Waals surface area contributed by atoms with Crippen molar-refractivity contribution in [2.24, 2.45) is 16.2 Å². The Kier molecular flexibility index (Phi) is 21.8. The molecule has 6 aromatic carbocycles. The Balaban J connectivity index is 0.000000151. The topological polar surface area (TPSA) is 124 Å². The van der Waals surface area contributed by atoms with E-state index in [1.807, 2.05) is 24.3 Å². The molecule has 15 rings (SSSR count). The molecule has 0 amide bonds. The van der Waals surface area contributed by atoms with E-state index in [2.05, 4.69) is 63.0 Å². The standard InChI is InChI=1S/C22H21F5O3.C22H20F4O3.C14H17BrO2.C8H6BF5O3/c1-2-20-7-8-21(29-11-20,30-12-20)16-5-3-14(4-6-16)15-9-17(23)19(18(24)10-15)28-13-22(25,26)27;1-2-21-7-8-22(28-12-21,29-13-21)16-5-3-14(4-6-16)15-9-17(23)20(18(24)10-15)27-11-19(25)26;1-2-13-7-8-14(16-9-13,17-10-13)11-3-5-12(15)6-4-11;10-5-1-4(9(15)16)2-6(11)7(5)17-3-8(12,13)14/h3-6,9-10H,2,7-8,11-13H2,1H3;3-6,9-11H,2,7-8,12-13H2,1H3;3-6H,2,7-10H2,1H3;1-2,15-16H,3H2. The Hall–Kier alpha value is -6.30. The smallest absolute Gasteiger partial charge is 0.478 e. The highest BCUT2D eigenvalue weighted by molar-refractivity contribution is 9.10. The van der Waals surface area contributed by atoms with Gasteiger partial charge in [0.05, 0.1) is 39.6 Å². The van der Waals surface area contributed by atoms with Crippen molar-refractivity contribution < 1.29 is 114 Å². The first-order chi connectivity index (χ1) is 43.9. The van der Waals surface area contributed by atoms with Gasteiger partial charge in [-0.15, -0.1) is 0 Å². The molecule has 9 fully saturated rings. The molecule has 0 saturated carbocycles. The number of hydrogen-bond acceptors (Lipinski definition) is 11. The van der Waals surface area contributed by atoms with E-state index in [-0.39, 0.29) is 33.6 Å². The van der Waals surface area contributed by atoms with E-state index in [1.54, 1.807) is 36.4 Å². The Morgan fingerprint density at radius 3 is 1.00 bits per heavy atom. The van der Waals surface area contributed by atoms with Crippen molar-refractivity contribution in [2.75, 3.05) is 52.9 Å². The third kappa shape index (κ3) is 16.5. The zero-order valence-electron chi connectivity index (χ0n) is 50.3. The van der Waals surface area contributed by atoms with Crippen LogP contribution < -0.4 is 19.7 Å². The third-order valence-corrected chi connectivity index (χ3v) is 18.3. The molecule has 9 aliphatic rings. The summed E-state index contributed by atoms with van der Waals surface area (Å²) in [7, 11) is -2.13. The van der Waals surface area contributed by atoms with E-state index in [9.17, 15) is 61.5 Å². The maximum absolute atomic E-state index is 14.2. The van der Waals surface area contributed by atoms with Crippen LogP contribution in [-0.2, 0) is 45.8 Å². The molecule has 2 N–H and O–H groups in total. The Morgan fingerprint density at radius 2 is 0.742 bits per heavy atom. The van der Waals surface area contributed by atoms with Crippen molar-refractivity contribution in [3.05, 3.63) is 178 Å². The fraction of sp³-hybridized carbons (Fsp3) is 0.424. The van der Waals surface area contributed by atoms with Gasteiger partial charge in [0.15, 0.2) is 89.0 Å². The molecule has 9 heterocycles. The minimum Gasteiger partial charge on any atom is -0.478 e. The van der Waals surface area contributed by atoms with Gasteiger partial charge in [-0.05, 0) is 115 Å². The first-order valence-electron chi connectivity index (χ1n) is 29.6. The summed E-state index contributed by atoms with van der Waals surface area (Å²) in [6, 6.07) is 27.2. The van der Waals surface area contributed by atoms with Gasteiger partial charge in [-0.3, -0.25) is 0 Å². The van der Waals surface area contributed by atoms with Crippen LogP contribution >= 0.6 is 15.9 Å². The van der Waals surface area contributed by atoms with Gasteiger partial charge in [0.1, 0.15) is 0 Å². The lowest BCUT2D eigenvalue weighted by Gasteiger charge is -2.52. The van der Waals surface area contributed by atoms with Crippen LogP contribution in [0.5, 0.6) is 17.2 Å². The van der Waals surface area contributed by atoms with Crippen LogP contribution in [0.3, 0.4) is 0 Å². The summed E-state index contributed by atoms with van der Waals surface area (Å²) < 4.78 is 229. The second-order valence-electron chi connectivity index (χ2n) is 23.8. The maximum atomic E-state index is 14.2. The van der Waals surface area contributed by atoms with Crippen molar-refractivity contribution in [2.45, 2.75) is 108 Å². The molecular weight excluding hydrogens is 1330 g/mol. The molecule has 9 saturated heterocycles. The average Bonchev–Trinajstić information content (AvgIpc) is 0.769. The monoisotopic (exact) mass is 1390 g/mol. The molecule has 27 heteroatoms. The quantitative estimate of drug-likeness (QED) is 0.0580. The molecule has 9 aliphatic heterocycles. The van der Waals surface area contributed by atoms with Crippen molar-refractivity contribution in [3.8, 4) is 39.5 Å². The molecule has 6 bridgehead atoms. The van der Waals surface area contributed by atoms with Gasteiger partial charge >= 0.3 is 25.6 Å². The van der Waals surface area contributed by atoms with E-state index in [1.165, 1.54) is 6.42 Å². The molecular formula is C66H64BBrF14O11. The van der Waals surface area contributed by atoms with Crippen LogP contribution in [-0.4, -0.2) is 82.4 Å². The van der Waals surface area contributed by atoms with Gasteiger partial charge in [-0.25, -0.2) is 26.3 Å². The van der Waals surface area contributed by atoms with Crippen molar-refractivity contribution in [1.29, 1.82) is 0 Å². The van der Waals surface area contributed by atoms with Crippen LogP contribution in [0.25, 0.3) is 22.3 Å². The summed E-state index contributed by atoms with van der Waals surface area (Å²) in [5.74, 6) is -12.6. The Bertz CT molecular complexity index is 3450. The number of alkyl halides is 6. The lowest BCUT2D eigenvalue weighted by Crippen LogP contribution is -2.53. The minimum absolute atomic E-state index is 0.00314. The zero-order chi connectivity index (χ0) is 67.4. The fourth-order valence-corrected chi connectivity index (χ4v) is 11.9. The predicted molar refractivity (Wildman–Crippen MR) is 315 cm³/mol. The first kappa shape index (κ1) is 71.0. The lowest BCUT2D eigenvalue weighted by molar-refractivity contribution is -0.350. The summed E-state index contributed by atoms with van der Waals surface area (Å²) >= 11 is 3.46. The molecule has 0 unspecified atom stereocenters. The van der Waals surface area contributed by atoms with Gasteiger partial charge in [0.25, 0.3) is 0 Å². The van der Waals surface area contributed by atoms with Crippen molar-refractivity contribution in [3.63, 3.8) is 0 Å². The number of fused-ring (bicyclic) bond motifs is 9. The molecule has 0 radical (unpaired) electrons. The molecule has 0 aliphatic carbocycles. The van der Waals surface area contributed by atoms with Gasteiger partial charge in [0.2, 0.25) is 0 Å². The predicted octanol–water partition coefficient (Wildman–Crippen LogP) is 16.5. The molecule has 11 nitrogen and oxygen atoms in total. The molecule has 93 heavy (non-hydrogen) atoms. The molecule has 0 atom stereocenters. The van der Waals surface area contributed by atoms with Crippen LogP contribution in [0.1, 0.15) is 95.2 Å². The van der Waals surface area contributed by atoms with E-state index in [0.29, 0.717) is 49.7 Å². The molecule has 502 valence electrons. The van der Waals surface area contributed by atoms with Crippen LogP contribution in [0.15, 0.2) is 126 Å². The second kappa shape index (κ2) is 28.6. The van der Waals surface area contributed by atoms with E-state index >= 15 is 0 Å². The van der Waals surface area contributed by atoms with Gasteiger partial charge in [0, 0.05) is 56.7 Å². The minimum atomic E-state index is -4.73. The number of benzene rings is 6. The average molecular weight is 1390 g/mol. The lowest BCUT2D eigenvalue weighted by atomic mass is 9.75. The van der Waals surface area contributed by atoms with E-state index in [4.69, 9.17) is 38.5 Å². The largest absolute Gasteiger partial charge is 0.488 e. The molecule has 6 aromatic rings. The summed E-state index contributed by atoms with van der Waals surface area (Å²) in [5.41, 5.74) is 4.26. The third-order valence-electron chi connectivity index (χ3n) is 17.8. The van der Waals surface area contributed by atoms with Gasteiger partial charge < -0.3 is 52.7 Å². The number of rotatable bonds is 15. The maximum Gasteiger partial charge on any atom is 0.488 e. The van der Waals surface area contributed by atoms with E-state index in [0.717, 1.165) is 110 Å². The summed E-state index contributed by atoms with van der Waals surface area (Å²) in [6.07, 6.45) is -2.77. The Morgan fingerprint density at radius 1 is 0.452 bits per heavy atom. The summed E-state index contributed by atoms with van der Waals surface area (Å²) in [4.78, 5) is 0. The first-order valence-corrected chi connectivity index (χ1v) is 30.4. The molecule has 0 spiro atoms. The van der Waals surface area contributed by atoms with Crippen LogP contribution in [0, 0.1) is 51.1 Å². The fourth-order valence-electron chi connectivity index (χ4n) is 11.6. The number of hydrogen-bond donors (Lipinski definition) is 2. The highest BCUT2D eigenvalue weighted by atomic mass is 79.9. The summed E-state index contributed by atoms with van der Waals surface area (Å²) in [5, 5.41) is 17.2. The molecule has 0 aromatic heterocycles. The van der Waals surface area contributed by atoms with Crippen molar-refractivity contribution in [1.82, 2.24) is 0 Å². The van der Waals surface area contributed by atoms with Gasteiger partial charge in [-0.1, -0.05) is 97.4 Å². The number of halogens is 15. The normalized spacial score (nSPS) is 25.1. The van der Waals surface area contributed by atoms with E-state index < -0.39 is 114 Å². The highest BCUT2D eigenvalue weighted by Gasteiger charge is 2.53. The number of ether oxygens (including phenoxy) is 9. The van der Waals surface area contributed by atoms with Crippen LogP contribution in [0.4, 0.5) is 61.5 Å². The van der Waals surface area contributed by atoms with Gasteiger partial charge in [-0.2, -0.15) is 35.1 Å². The SMILES string of the molecule is CCC12CCC(c3ccc(-c4cc(F)c(OC=C(F)F)c(F)c4)cc3)(OC1)OC2.CCC12CCC(c3ccc(-c4cc(F)c(OCC(F)(F)F)c(F)c4)cc3)(OC1)OC2.CCC12CCC(c3ccc(Br)cc3)(OC1)OC2.OB(O)c1cc(F)c(OCC(F)(F)F)c(F)c1.